The third kappa shape index (κ3) is 5.92. The quantitative estimate of drug-likeness (QED) is 0.482. The first-order chi connectivity index (χ1) is 17.1. The Bertz CT molecular complexity index is 1100. The van der Waals surface area contributed by atoms with Crippen molar-refractivity contribution in [2.24, 2.45) is 0 Å². The lowest BCUT2D eigenvalue weighted by molar-refractivity contribution is -0.127. The van der Waals surface area contributed by atoms with E-state index in [9.17, 15) is 14.4 Å². The van der Waals surface area contributed by atoms with E-state index in [2.05, 4.69) is 10.6 Å². The number of carbonyl (C=O) groups excluding carboxylic acids is 3. The van der Waals surface area contributed by atoms with Gasteiger partial charge >= 0.3 is 0 Å². The maximum atomic E-state index is 13.6. The van der Waals surface area contributed by atoms with E-state index in [1.807, 2.05) is 0 Å². The molecule has 3 amide bonds. The first-order valence-corrected chi connectivity index (χ1v) is 11.7. The summed E-state index contributed by atoms with van der Waals surface area (Å²) in [6.45, 7) is -0.348. The second-order valence-electron chi connectivity index (χ2n) is 8.38. The number of hydrogen-bond donors (Lipinski definition) is 2. The van der Waals surface area contributed by atoms with Crippen LogP contribution in [-0.2, 0) is 9.59 Å². The smallest absolute Gasteiger partial charge is 0.287 e. The van der Waals surface area contributed by atoms with Gasteiger partial charge in [0, 0.05) is 11.7 Å². The van der Waals surface area contributed by atoms with Crippen LogP contribution in [0.25, 0.3) is 0 Å². The molecule has 2 heterocycles. The van der Waals surface area contributed by atoms with Gasteiger partial charge in [-0.2, -0.15) is 0 Å². The second kappa shape index (κ2) is 11.4. The average Bonchev–Trinajstić information content (AvgIpc) is 3.61. The molecule has 3 aromatic rings. The van der Waals surface area contributed by atoms with Gasteiger partial charge in [-0.15, -0.1) is 0 Å². The molecule has 1 saturated carbocycles. The molecule has 184 valence electrons. The molecule has 35 heavy (non-hydrogen) atoms. The van der Waals surface area contributed by atoms with Crippen LogP contribution in [0.4, 0.5) is 5.69 Å². The number of hydrogen-bond acceptors (Lipinski definition) is 6. The minimum atomic E-state index is -1.06. The third-order valence-electron chi connectivity index (χ3n) is 6.04. The summed E-state index contributed by atoms with van der Waals surface area (Å²) in [5, 5.41) is 5.67. The highest BCUT2D eigenvalue weighted by Crippen LogP contribution is 2.30. The molecule has 0 unspecified atom stereocenters. The van der Waals surface area contributed by atoms with Crippen molar-refractivity contribution in [2.75, 3.05) is 18.6 Å². The van der Waals surface area contributed by atoms with Crippen molar-refractivity contribution >= 4 is 23.4 Å². The molecule has 9 nitrogen and oxygen atoms in total. The Morgan fingerprint density at radius 1 is 1.00 bits per heavy atom. The fourth-order valence-electron chi connectivity index (χ4n) is 4.26. The van der Waals surface area contributed by atoms with Crippen LogP contribution >= 0.6 is 0 Å². The van der Waals surface area contributed by atoms with Gasteiger partial charge in [-0.1, -0.05) is 19.3 Å². The number of benzene rings is 1. The summed E-state index contributed by atoms with van der Waals surface area (Å²) in [4.78, 5) is 40.8. The predicted octanol–water partition coefficient (Wildman–Crippen LogP) is 3.83. The van der Waals surface area contributed by atoms with Gasteiger partial charge in [-0.05, 0) is 61.4 Å². The molecule has 0 aliphatic heterocycles. The third-order valence-corrected chi connectivity index (χ3v) is 6.04. The van der Waals surface area contributed by atoms with Crippen LogP contribution in [0.1, 0.15) is 54.5 Å². The average molecular weight is 480 g/mol. The van der Waals surface area contributed by atoms with Crippen molar-refractivity contribution in [1.29, 1.82) is 0 Å². The number of methoxy groups -OCH3 is 1. The molecular weight excluding hydrogens is 450 g/mol. The SMILES string of the molecule is COc1ccc(N(C(=O)CNC(=O)c2ccco2)[C@@H](C(=O)NC2CCCCC2)c2ccco2)cc1. The van der Waals surface area contributed by atoms with Crippen molar-refractivity contribution < 1.29 is 28.0 Å². The van der Waals surface area contributed by atoms with E-state index in [1.165, 1.54) is 23.5 Å². The lowest BCUT2D eigenvalue weighted by atomic mass is 9.95. The highest BCUT2D eigenvalue weighted by molar-refractivity contribution is 6.04. The number of amides is 3. The molecule has 2 aromatic heterocycles. The molecule has 1 aliphatic rings. The van der Waals surface area contributed by atoms with E-state index in [0.29, 0.717) is 17.2 Å². The van der Waals surface area contributed by atoms with E-state index in [0.717, 1.165) is 32.1 Å². The number of nitrogens with zero attached hydrogens (tertiary/aromatic N) is 1. The maximum Gasteiger partial charge on any atom is 0.287 e. The molecule has 0 radical (unpaired) electrons. The summed E-state index contributed by atoms with van der Waals surface area (Å²) < 4.78 is 15.9. The van der Waals surface area contributed by atoms with Crippen molar-refractivity contribution in [2.45, 2.75) is 44.2 Å². The van der Waals surface area contributed by atoms with Crippen molar-refractivity contribution in [1.82, 2.24) is 10.6 Å². The first kappa shape index (κ1) is 24.1. The van der Waals surface area contributed by atoms with Gasteiger partial charge in [-0.3, -0.25) is 19.3 Å². The monoisotopic (exact) mass is 479 g/mol. The zero-order valence-electron chi connectivity index (χ0n) is 19.6. The predicted molar refractivity (Wildman–Crippen MR) is 128 cm³/mol. The van der Waals surface area contributed by atoms with Crippen molar-refractivity contribution in [3.8, 4) is 5.75 Å². The highest BCUT2D eigenvalue weighted by Gasteiger charge is 2.36. The van der Waals surface area contributed by atoms with E-state index >= 15 is 0 Å². The van der Waals surface area contributed by atoms with Gasteiger partial charge in [0.1, 0.15) is 11.5 Å². The van der Waals surface area contributed by atoms with Crippen LogP contribution in [0.2, 0.25) is 0 Å². The molecule has 1 atom stereocenters. The molecule has 0 spiro atoms. The van der Waals surface area contributed by atoms with Crippen LogP contribution in [0.5, 0.6) is 5.75 Å². The van der Waals surface area contributed by atoms with E-state index in [1.54, 1.807) is 49.6 Å². The summed E-state index contributed by atoms with van der Waals surface area (Å²) in [6.07, 6.45) is 7.89. The number of anilines is 1. The number of rotatable bonds is 9. The van der Waals surface area contributed by atoms with E-state index < -0.39 is 17.9 Å². The summed E-state index contributed by atoms with van der Waals surface area (Å²) in [5.74, 6) is -0.345. The van der Waals surface area contributed by atoms with E-state index in [-0.39, 0.29) is 24.3 Å². The van der Waals surface area contributed by atoms with Crippen LogP contribution in [0.15, 0.2) is 69.9 Å². The summed E-state index contributed by atoms with van der Waals surface area (Å²) in [7, 11) is 1.55. The minimum absolute atomic E-state index is 0.0418. The molecule has 1 aliphatic carbocycles. The minimum Gasteiger partial charge on any atom is -0.497 e. The topological polar surface area (TPSA) is 114 Å². The number of nitrogens with one attached hydrogen (secondary N) is 2. The molecule has 0 saturated heterocycles. The summed E-state index contributed by atoms with van der Waals surface area (Å²) in [6, 6.07) is 12.2. The number of furan rings is 2. The summed E-state index contributed by atoms with van der Waals surface area (Å²) >= 11 is 0. The van der Waals surface area contributed by atoms with Gasteiger partial charge in [0.2, 0.25) is 5.91 Å². The highest BCUT2D eigenvalue weighted by atomic mass is 16.5. The Morgan fingerprint density at radius 2 is 1.71 bits per heavy atom. The Kier molecular flexibility index (Phi) is 7.87. The molecule has 0 bridgehead atoms. The lowest BCUT2D eigenvalue weighted by Gasteiger charge is -2.32. The van der Waals surface area contributed by atoms with Gasteiger partial charge < -0.3 is 24.2 Å². The molecule has 9 heteroatoms. The Labute approximate surface area is 203 Å². The molecule has 1 aromatic carbocycles. The Morgan fingerprint density at radius 3 is 2.34 bits per heavy atom. The first-order valence-electron chi connectivity index (χ1n) is 11.7. The van der Waals surface area contributed by atoms with Crippen molar-refractivity contribution in [3.05, 3.63) is 72.6 Å². The number of ether oxygens (including phenoxy) is 1. The Balaban J connectivity index is 1.63. The largest absolute Gasteiger partial charge is 0.497 e. The molecule has 2 N–H and O–H groups in total. The van der Waals surface area contributed by atoms with Crippen LogP contribution in [0.3, 0.4) is 0 Å². The second-order valence-corrected chi connectivity index (χ2v) is 8.38. The fourth-order valence-corrected chi connectivity index (χ4v) is 4.26. The van der Waals surface area contributed by atoms with Gasteiger partial charge in [0.15, 0.2) is 11.8 Å². The fraction of sp³-hybridized carbons (Fsp3) is 0.346. The van der Waals surface area contributed by atoms with Gasteiger partial charge in [0.05, 0.1) is 26.2 Å². The zero-order chi connectivity index (χ0) is 24.6. The molecule has 1 fully saturated rings. The Hall–Kier alpha value is -4.01. The number of carbonyl (C=O) groups is 3. The van der Waals surface area contributed by atoms with Gasteiger partial charge in [0.25, 0.3) is 11.8 Å². The van der Waals surface area contributed by atoms with Crippen LogP contribution < -0.4 is 20.3 Å². The van der Waals surface area contributed by atoms with Crippen LogP contribution in [0, 0.1) is 0 Å². The van der Waals surface area contributed by atoms with Gasteiger partial charge in [-0.25, -0.2) is 0 Å². The van der Waals surface area contributed by atoms with Crippen molar-refractivity contribution in [3.63, 3.8) is 0 Å². The van der Waals surface area contributed by atoms with E-state index in [4.69, 9.17) is 13.6 Å². The normalized spacial score (nSPS) is 14.7. The lowest BCUT2D eigenvalue weighted by Crippen LogP contribution is -2.49. The standard InChI is InChI=1S/C26H29N3O6/c1-33-20-13-11-19(12-14-20)29(23(30)17-27-25(31)22-10-6-16-35-22)24(21-9-5-15-34-21)26(32)28-18-7-3-2-4-8-18/h5-6,9-16,18,24H,2-4,7-8,17H2,1H3,(H,27,31)(H,28,32)/t24-/m1/s1. The molecule has 4 rings (SSSR count). The molecular formula is C26H29N3O6. The van der Waals surface area contributed by atoms with Crippen LogP contribution in [-0.4, -0.2) is 37.4 Å². The summed E-state index contributed by atoms with van der Waals surface area (Å²) in [5.41, 5.74) is 0.461. The zero-order valence-corrected chi connectivity index (χ0v) is 19.6. The maximum absolute atomic E-state index is 13.6.